The number of nitrogens with zero attached hydrogens (tertiary/aromatic N) is 1. The number of ether oxygens (including phenoxy) is 1. The number of nitrogens with one attached hydrogen (secondary N) is 1. The SMILES string of the molecule is CC(C(=O)O)N(C)C(=O)C(CC1CCCCC1)NC(=O)OCC1c2ccccc2-c2ccccc21. The second kappa shape index (κ2) is 10.9. The molecule has 7 heteroatoms. The molecule has 2 unspecified atom stereocenters. The van der Waals surface area contributed by atoms with Gasteiger partial charge in [0.1, 0.15) is 18.7 Å². The Labute approximate surface area is 206 Å². The standard InChI is InChI=1S/C28H34N2O5/c1-18(27(32)33)30(2)26(31)25(16-19-10-4-3-5-11-19)29-28(34)35-17-24-22-14-8-6-12-20(22)21-13-7-9-15-23(21)24/h6-9,12-15,18-19,24-25H,3-5,10-11,16-17H2,1-2H3,(H,29,34)(H,32,33). The number of carboxylic acid groups (broad SMARTS) is 1. The van der Waals surface area contributed by atoms with E-state index in [0.717, 1.165) is 47.9 Å². The lowest BCUT2D eigenvalue weighted by Crippen LogP contribution is -2.52. The van der Waals surface area contributed by atoms with Gasteiger partial charge in [0.15, 0.2) is 0 Å². The lowest BCUT2D eigenvalue weighted by Gasteiger charge is -2.30. The molecule has 2 aromatic carbocycles. The fraction of sp³-hybridized carbons (Fsp3) is 0.464. The van der Waals surface area contributed by atoms with Gasteiger partial charge < -0.3 is 20.1 Å². The summed E-state index contributed by atoms with van der Waals surface area (Å²) < 4.78 is 5.66. The highest BCUT2D eigenvalue weighted by atomic mass is 16.5. The average Bonchev–Trinajstić information content (AvgIpc) is 3.20. The zero-order valence-electron chi connectivity index (χ0n) is 20.4. The quantitative estimate of drug-likeness (QED) is 0.568. The van der Waals surface area contributed by atoms with Crippen molar-refractivity contribution in [2.24, 2.45) is 5.92 Å². The molecule has 0 radical (unpaired) electrons. The van der Waals surface area contributed by atoms with Crippen LogP contribution in [-0.4, -0.2) is 53.7 Å². The van der Waals surface area contributed by atoms with E-state index < -0.39 is 30.1 Å². The molecule has 2 aliphatic rings. The number of carboxylic acids is 1. The summed E-state index contributed by atoms with van der Waals surface area (Å²) in [7, 11) is 1.47. The van der Waals surface area contributed by atoms with Crippen molar-refractivity contribution in [2.75, 3.05) is 13.7 Å². The highest BCUT2D eigenvalue weighted by molar-refractivity contribution is 5.89. The summed E-state index contributed by atoms with van der Waals surface area (Å²) in [5.74, 6) is -1.24. The van der Waals surface area contributed by atoms with Crippen molar-refractivity contribution in [1.82, 2.24) is 10.2 Å². The largest absolute Gasteiger partial charge is 0.480 e. The molecule has 0 aliphatic heterocycles. The summed E-state index contributed by atoms with van der Waals surface area (Å²) in [4.78, 5) is 38.7. The van der Waals surface area contributed by atoms with Gasteiger partial charge in [-0.15, -0.1) is 0 Å². The van der Waals surface area contributed by atoms with Crippen LogP contribution in [0.3, 0.4) is 0 Å². The number of hydrogen-bond donors (Lipinski definition) is 2. The maximum Gasteiger partial charge on any atom is 0.407 e. The van der Waals surface area contributed by atoms with E-state index in [1.54, 1.807) is 0 Å². The maximum absolute atomic E-state index is 13.2. The summed E-state index contributed by atoms with van der Waals surface area (Å²) >= 11 is 0. The van der Waals surface area contributed by atoms with Crippen molar-refractivity contribution < 1.29 is 24.2 Å². The molecular formula is C28H34N2O5. The first-order valence-electron chi connectivity index (χ1n) is 12.5. The second-order valence-electron chi connectivity index (χ2n) is 9.73. The first-order chi connectivity index (χ1) is 16.9. The van der Waals surface area contributed by atoms with E-state index in [1.165, 1.54) is 25.3 Å². The van der Waals surface area contributed by atoms with Crippen LogP contribution >= 0.6 is 0 Å². The number of fused-ring (bicyclic) bond motifs is 3. The van der Waals surface area contributed by atoms with Gasteiger partial charge >= 0.3 is 12.1 Å². The van der Waals surface area contributed by atoms with E-state index in [-0.39, 0.29) is 12.5 Å². The Kier molecular flexibility index (Phi) is 7.73. The van der Waals surface area contributed by atoms with Crippen molar-refractivity contribution in [1.29, 1.82) is 0 Å². The van der Waals surface area contributed by atoms with Crippen LogP contribution in [0.5, 0.6) is 0 Å². The first kappa shape index (κ1) is 24.8. The highest BCUT2D eigenvalue weighted by Gasteiger charge is 2.33. The lowest BCUT2D eigenvalue weighted by atomic mass is 9.84. The third-order valence-corrected chi connectivity index (χ3v) is 7.51. The molecule has 2 aliphatic carbocycles. The van der Waals surface area contributed by atoms with Gasteiger partial charge in [0.05, 0.1) is 0 Å². The minimum absolute atomic E-state index is 0.0737. The Hall–Kier alpha value is -3.35. The molecule has 7 nitrogen and oxygen atoms in total. The Morgan fingerprint density at radius 2 is 1.57 bits per heavy atom. The first-order valence-corrected chi connectivity index (χ1v) is 12.5. The van der Waals surface area contributed by atoms with Gasteiger partial charge in [-0.2, -0.15) is 0 Å². The van der Waals surface area contributed by atoms with Crippen molar-refractivity contribution in [3.63, 3.8) is 0 Å². The molecule has 2 amide bonds. The molecule has 35 heavy (non-hydrogen) atoms. The van der Waals surface area contributed by atoms with Crippen LogP contribution in [0.4, 0.5) is 4.79 Å². The summed E-state index contributed by atoms with van der Waals surface area (Å²) in [6, 6.07) is 14.4. The summed E-state index contributed by atoms with van der Waals surface area (Å²) in [6.07, 6.45) is 5.25. The van der Waals surface area contributed by atoms with Crippen LogP contribution in [0.15, 0.2) is 48.5 Å². The van der Waals surface area contributed by atoms with E-state index >= 15 is 0 Å². The third-order valence-electron chi connectivity index (χ3n) is 7.51. The van der Waals surface area contributed by atoms with Crippen LogP contribution < -0.4 is 5.32 Å². The molecule has 0 bridgehead atoms. The average molecular weight is 479 g/mol. The van der Waals surface area contributed by atoms with Crippen LogP contribution in [0.2, 0.25) is 0 Å². The molecule has 2 aromatic rings. The number of amides is 2. The zero-order valence-corrected chi connectivity index (χ0v) is 20.4. The summed E-state index contributed by atoms with van der Waals surface area (Å²) in [5.41, 5.74) is 4.52. The van der Waals surface area contributed by atoms with Crippen molar-refractivity contribution in [3.8, 4) is 11.1 Å². The van der Waals surface area contributed by atoms with Gasteiger partial charge in [-0.25, -0.2) is 9.59 Å². The van der Waals surface area contributed by atoms with Gasteiger partial charge in [-0.3, -0.25) is 4.79 Å². The molecule has 2 N–H and O–H groups in total. The number of hydrogen-bond acceptors (Lipinski definition) is 4. The predicted molar refractivity (Wildman–Crippen MR) is 133 cm³/mol. The monoisotopic (exact) mass is 478 g/mol. The summed E-state index contributed by atoms with van der Waals surface area (Å²) in [6.45, 7) is 1.62. The maximum atomic E-state index is 13.2. The van der Waals surface area contributed by atoms with E-state index in [0.29, 0.717) is 12.3 Å². The van der Waals surface area contributed by atoms with Crippen molar-refractivity contribution >= 4 is 18.0 Å². The lowest BCUT2D eigenvalue weighted by molar-refractivity contribution is -0.149. The van der Waals surface area contributed by atoms with E-state index in [9.17, 15) is 19.5 Å². The number of rotatable bonds is 8. The van der Waals surface area contributed by atoms with Crippen LogP contribution in [-0.2, 0) is 14.3 Å². The smallest absolute Gasteiger partial charge is 0.407 e. The third kappa shape index (κ3) is 5.50. The predicted octanol–water partition coefficient (Wildman–Crippen LogP) is 4.80. The topological polar surface area (TPSA) is 95.9 Å². The molecular weight excluding hydrogens is 444 g/mol. The Morgan fingerprint density at radius 1 is 1.00 bits per heavy atom. The van der Waals surface area contributed by atoms with Crippen LogP contribution in [0.1, 0.15) is 62.5 Å². The van der Waals surface area contributed by atoms with Gasteiger partial charge in [0.2, 0.25) is 5.91 Å². The van der Waals surface area contributed by atoms with Crippen LogP contribution in [0.25, 0.3) is 11.1 Å². The molecule has 186 valence electrons. The summed E-state index contributed by atoms with van der Waals surface area (Å²) in [5, 5.41) is 12.1. The molecule has 4 rings (SSSR count). The van der Waals surface area contributed by atoms with E-state index in [2.05, 4.69) is 29.6 Å². The van der Waals surface area contributed by atoms with Gasteiger partial charge in [0, 0.05) is 13.0 Å². The zero-order chi connectivity index (χ0) is 24.9. The number of benzene rings is 2. The molecule has 2 atom stereocenters. The number of carbonyl (C=O) groups excluding carboxylic acids is 2. The number of aliphatic carboxylic acids is 1. The van der Waals surface area contributed by atoms with Crippen molar-refractivity contribution in [2.45, 2.75) is 63.5 Å². The Morgan fingerprint density at radius 3 is 2.14 bits per heavy atom. The van der Waals surface area contributed by atoms with Crippen molar-refractivity contribution in [3.05, 3.63) is 59.7 Å². The fourth-order valence-electron chi connectivity index (χ4n) is 5.36. The Bertz CT molecular complexity index is 1030. The number of alkyl carbamates (subject to hydrolysis) is 1. The molecule has 1 saturated carbocycles. The molecule has 0 aromatic heterocycles. The number of carbonyl (C=O) groups is 3. The normalized spacial score (nSPS) is 17.1. The fourth-order valence-corrected chi connectivity index (χ4v) is 5.36. The van der Waals surface area contributed by atoms with E-state index in [4.69, 9.17) is 4.74 Å². The van der Waals surface area contributed by atoms with Gasteiger partial charge in [0.25, 0.3) is 0 Å². The van der Waals surface area contributed by atoms with E-state index in [1.807, 2.05) is 24.3 Å². The van der Waals surface area contributed by atoms with Gasteiger partial charge in [-0.1, -0.05) is 80.6 Å². The number of likely N-dealkylation sites (N-methyl/N-ethyl adjacent to an activating group) is 1. The molecule has 1 fully saturated rings. The second-order valence-corrected chi connectivity index (χ2v) is 9.73. The van der Waals surface area contributed by atoms with Gasteiger partial charge in [-0.05, 0) is 41.5 Å². The molecule has 0 heterocycles. The minimum atomic E-state index is -1.08. The van der Waals surface area contributed by atoms with Crippen LogP contribution in [0, 0.1) is 5.92 Å². The highest BCUT2D eigenvalue weighted by Crippen LogP contribution is 2.44. The molecule has 0 saturated heterocycles. The minimum Gasteiger partial charge on any atom is -0.480 e. The Balaban J connectivity index is 1.45. The molecule has 0 spiro atoms.